The van der Waals surface area contributed by atoms with Crippen LogP contribution < -0.4 is 5.32 Å². The van der Waals surface area contributed by atoms with Crippen LogP contribution in [0.2, 0.25) is 0 Å². The number of hydrogen-bond acceptors (Lipinski definition) is 3. The Bertz CT molecular complexity index is 920. The van der Waals surface area contributed by atoms with Gasteiger partial charge in [0.05, 0.1) is 16.6 Å². The molecule has 0 unspecified atom stereocenters. The molecule has 0 bridgehead atoms. The van der Waals surface area contributed by atoms with Crippen LogP contribution in [0.3, 0.4) is 0 Å². The summed E-state index contributed by atoms with van der Waals surface area (Å²) in [5, 5.41) is 10.4. The fourth-order valence-corrected chi connectivity index (χ4v) is 2.32. The van der Waals surface area contributed by atoms with Gasteiger partial charge in [0, 0.05) is 5.39 Å². The van der Waals surface area contributed by atoms with Gasteiger partial charge in [0.25, 0.3) is 5.91 Å². The molecule has 0 aliphatic rings. The second kappa shape index (κ2) is 4.45. The number of amides is 1. The van der Waals surface area contributed by atoms with Gasteiger partial charge in [0.2, 0.25) is 5.95 Å². The minimum atomic E-state index is -0.300. The fraction of sp³-hybridized carbons (Fsp3) is 0. The fourth-order valence-electron chi connectivity index (χ4n) is 2.32. The summed E-state index contributed by atoms with van der Waals surface area (Å²) in [4.78, 5) is 19.7. The zero-order valence-corrected chi connectivity index (χ0v) is 10.9. The normalized spacial score (nSPS) is 11.0. The van der Waals surface area contributed by atoms with E-state index in [-0.39, 0.29) is 5.91 Å². The number of hydrogen-bond donors (Lipinski definition) is 3. The second-order valence-corrected chi connectivity index (χ2v) is 4.67. The molecule has 2 aromatic carbocycles. The first-order valence-corrected chi connectivity index (χ1v) is 6.50. The average Bonchev–Trinajstić information content (AvgIpc) is 3.10. The molecule has 21 heavy (non-hydrogen) atoms. The van der Waals surface area contributed by atoms with Gasteiger partial charge in [0.15, 0.2) is 5.69 Å². The molecule has 4 rings (SSSR count). The number of carbonyl (C=O) groups excluding carboxylic acids is 1. The molecule has 102 valence electrons. The number of nitrogens with zero attached hydrogens (tertiary/aromatic N) is 2. The first-order valence-electron chi connectivity index (χ1n) is 6.50. The number of H-pyrrole nitrogens is 2. The minimum Gasteiger partial charge on any atom is -0.324 e. The summed E-state index contributed by atoms with van der Waals surface area (Å²) in [7, 11) is 0. The third-order valence-corrected chi connectivity index (χ3v) is 3.31. The number of imidazole rings is 1. The van der Waals surface area contributed by atoms with Gasteiger partial charge in [-0.15, -0.1) is 0 Å². The lowest BCUT2D eigenvalue weighted by molar-refractivity contribution is 0.102. The van der Waals surface area contributed by atoms with Crippen LogP contribution in [-0.2, 0) is 0 Å². The Balaban J connectivity index is 1.69. The highest BCUT2D eigenvalue weighted by molar-refractivity contribution is 6.10. The first kappa shape index (κ1) is 11.7. The predicted molar refractivity (Wildman–Crippen MR) is 80.1 cm³/mol. The Morgan fingerprint density at radius 1 is 1.00 bits per heavy atom. The molecule has 0 saturated heterocycles. The number of aromatic amines is 2. The molecule has 0 radical (unpaired) electrons. The number of carbonyl (C=O) groups is 1. The topological polar surface area (TPSA) is 86.5 Å². The second-order valence-electron chi connectivity index (χ2n) is 4.67. The highest BCUT2D eigenvalue weighted by atomic mass is 16.2. The van der Waals surface area contributed by atoms with Crippen molar-refractivity contribution in [2.24, 2.45) is 0 Å². The van der Waals surface area contributed by atoms with Crippen molar-refractivity contribution in [2.75, 3.05) is 5.32 Å². The van der Waals surface area contributed by atoms with Gasteiger partial charge in [0.1, 0.15) is 0 Å². The molecule has 6 heteroatoms. The smallest absolute Gasteiger partial charge is 0.279 e. The number of anilines is 1. The lowest BCUT2D eigenvalue weighted by atomic mass is 10.2. The van der Waals surface area contributed by atoms with E-state index in [1.807, 2.05) is 48.5 Å². The number of rotatable bonds is 2. The molecule has 0 fully saturated rings. The largest absolute Gasteiger partial charge is 0.324 e. The van der Waals surface area contributed by atoms with E-state index < -0.39 is 0 Å². The number of para-hydroxylation sites is 3. The summed E-state index contributed by atoms with van der Waals surface area (Å²) in [6.07, 6.45) is 0. The Hall–Kier alpha value is -3.15. The molecular formula is C15H11N5O. The van der Waals surface area contributed by atoms with Crippen molar-refractivity contribution in [3.8, 4) is 0 Å². The Labute approximate surface area is 119 Å². The Morgan fingerprint density at radius 3 is 2.62 bits per heavy atom. The van der Waals surface area contributed by atoms with Gasteiger partial charge in [-0.25, -0.2) is 4.98 Å². The molecule has 1 amide bonds. The summed E-state index contributed by atoms with van der Waals surface area (Å²) < 4.78 is 0. The highest BCUT2D eigenvalue weighted by Crippen LogP contribution is 2.17. The van der Waals surface area contributed by atoms with Crippen LogP contribution in [0.5, 0.6) is 0 Å². The molecule has 0 spiro atoms. The molecule has 4 aromatic rings. The average molecular weight is 277 g/mol. The minimum absolute atomic E-state index is 0.300. The van der Waals surface area contributed by atoms with Gasteiger partial charge in [-0.1, -0.05) is 30.3 Å². The van der Waals surface area contributed by atoms with Crippen molar-refractivity contribution < 1.29 is 4.79 Å². The standard InChI is InChI=1S/C15H11N5O/c21-14(13-9-5-1-2-6-10(9)19-20-13)18-15-16-11-7-3-4-8-12(11)17-15/h1-8H,(H,19,20)(H2,16,17,18,21). The zero-order valence-electron chi connectivity index (χ0n) is 10.9. The quantitative estimate of drug-likeness (QED) is 0.526. The van der Waals surface area contributed by atoms with Crippen LogP contribution in [0.25, 0.3) is 21.9 Å². The summed E-state index contributed by atoms with van der Waals surface area (Å²) in [6, 6.07) is 15.1. The third-order valence-electron chi connectivity index (χ3n) is 3.31. The predicted octanol–water partition coefficient (Wildman–Crippen LogP) is 2.69. The Kier molecular flexibility index (Phi) is 2.47. The number of benzene rings is 2. The van der Waals surface area contributed by atoms with Gasteiger partial charge >= 0.3 is 0 Å². The van der Waals surface area contributed by atoms with Gasteiger partial charge in [-0.05, 0) is 18.2 Å². The number of fused-ring (bicyclic) bond motifs is 2. The van der Waals surface area contributed by atoms with E-state index in [4.69, 9.17) is 0 Å². The Morgan fingerprint density at radius 2 is 1.76 bits per heavy atom. The zero-order chi connectivity index (χ0) is 14.2. The maximum absolute atomic E-state index is 12.3. The van der Waals surface area contributed by atoms with E-state index in [2.05, 4.69) is 25.5 Å². The summed E-state index contributed by atoms with van der Waals surface area (Å²) in [6.45, 7) is 0. The van der Waals surface area contributed by atoms with Crippen molar-refractivity contribution in [3.05, 3.63) is 54.2 Å². The van der Waals surface area contributed by atoms with E-state index in [1.54, 1.807) is 0 Å². The van der Waals surface area contributed by atoms with Crippen molar-refractivity contribution in [1.29, 1.82) is 0 Å². The summed E-state index contributed by atoms with van der Waals surface area (Å²) in [5.41, 5.74) is 2.86. The summed E-state index contributed by atoms with van der Waals surface area (Å²) in [5.74, 6) is 0.111. The molecule has 0 atom stereocenters. The molecule has 2 heterocycles. The maximum atomic E-state index is 12.3. The third kappa shape index (κ3) is 1.93. The van der Waals surface area contributed by atoms with Crippen molar-refractivity contribution in [2.45, 2.75) is 0 Å². The maximum Gasteiger partial charge on any atom is 0.279 e. The molecule has 0 aliphatic carbocycles. The monoisotopic (exact) mass is 277 g/mol. The number of aromatic nitrogens is 4. The lowest BCUT2D eigenvalue weighted by Gasteiger charge is -1.98. The van der Waals surface area contributed by atoms with Crippen LogP contribution in [0.4, 0.5) is 5.95 Å². The van der Waals surface area contributed by atoms with E-state index in [9.17, 15) is 4.79 Å². The molecule has 3 N–H and O–H groups in total. The first-order chi connectivity index (χ1) is 10.3. The molecule has 2 aromatic heterocycles. The number of nitrogens with one attached hydrogen (secondary N) is 3. The molecule has 0 aliphatic heterocycles. The van der Waals surface area contributed by atoms with Crippen molar-refractivity contribution >= 4 is 33.8 Å². The van der Waals surface area contributed by atoms with E-state index in [0.29, 0.717) is 11.6 Å². The van der Waals surface area contributed by atoms with Crippen LogP contribution >= 0.6 is 0 Å². The van der Waals surface area contributed by atoms with E-state index in [1.165, 1.54) is 0 Å². The SMILES string of the molecule is O=C(Nc1nc2ccccc2[nH]1)c1n[nH]c2ccccc12. The van der Waals surface area contributed by atoms with E-state index in [0.717, 1.165) is 21.9 Å². The van der Waals surface area contributed by atoms with Crippen molar-refractivity contribution in [1.82, 2.24) is 20.2 Å². The molecular weight excluding hydrogens is 266 g/mol. The lowest BCUT2D eigenvalue weighted by Crippen LogP contribution is -2.13. The van der Waals surface area contributed by atoms with Gasteiger partial charge < -0.3 is 4.98 Å². The van der Waals surface area contributed by atoms with Crippen LogP contribution in [-0.4, -0.2) is 26.1 Å². The molecule has 6 nitrogen and oxygen atoms in total. The van der Waals surface area contributed by atoms with Gasteiger partial charge in [-0.3, -0.25) is 15.2 Å². The van der Waals surface area contributed by atoms with Crippen LogP contribution in [0.15, 0.2) is 48.5 Å². The van der Waals surface area contributed by atoms with Crippen molar-refractivity contribution in [3.63, 3.8) is 0 Å². The molecule has 0 saturated carbocycles. The van der Waals surface area contributed by atoms with Crippen LogP contribution in [0.1, 0.15) is 10.5 Å². The summed E-state index contributed by atoms with van der Waals surface area (Å²) >= 11 is 0. The van der Waals surface area contributed by atoms with E-state index >= 15 is 0 Å². The van der Waals surface area contributed by atoms with Gasteiger partial charge in [-0.2, -0.15) is 5.10 Å². The van der Waals surface area contributed by atoms with Crippen LogP contribution in [0, 0.1) is 0 Å². The highest BCUT2D eigenvalue weighted by Gasteiger charge is 2.15.